The second kappa shape index (κ2) is 10.6. The van der Waals surface area contributed by atoms with E-state index in [9.17, 15) is 19.8 Å². The highest BCUT2D eigenvalue weighted by Crippen LogP contribution is 2.63. The molecule has 2 fully saturated rings. The minimum Gasteiger partial charge on any atom is -0.396 e. The number of piperazine rings is 1. The van der Waals surface area contributed by atoms with Gasteiger partial charge in [0.15, 0.2) is 5.13 Å². The molecule has 206 valence electrons. The number of hydrogen-bond acceptors (Lipinski definition) is 7. The van der Waals surface area contributed by atoms with Crippen LogP contribution in [0.25, 0.3) is 0 Å². The molecule has 1 aromatic heterocycles. The first-order chi connectivity index (χ1) is 18.2. The summed E-state index contributed by atoms with van der Waals surface area (Å²) in [6.45, 7) is 8.62. The molecule has 0 spiro atoms. The van der Waals surface area contributed by atoms with E-state index in [1.807, 2.05) is 30.0 Å². The van der Waals surface area contributed by atoms with E-state index >= 15 is 0 Å². The number of benzene rings is 1. The molecule has 38 heavy (non-hydrogen) atoms. The van der Waals surface area contributed by atoms with Crippen molar-refractivity contribution >= 4 is 28.3 Å². The summed E-state index contributed by atoms with van der Waals surface area (Å²) in [5.41, 5.74) is 1.26. The van der Waals surface area contributed by atoms with Crippen LogP contribution >= 0.6 is 11.3 Å². The molecule has 3 aliphatic rings. The van der Waals surface area contributed by atoms with Crippen LogP contribution in [0.2, 0.25) is 0 Å². The maximum absolute atomic E-state index is 13.7. The van der Waals surface area contributed by atoms with Gasteiger partial charge in [-0.3, -0.25) is 9.59 Å². The van der Waals surface area contributed by atoms with Crippen molar-refractivity contribution in [3.8, 4) is 0 Å². The van der Waals surface area contributed by atoms with Gasteiger partial charge in [0.1, 0.15) is 0 Å². The molecule has 1 aromatic carbocycles. The van der Waals surface area contributed by atoms with Gasteiger partial charge in [0.25, 0.3) is 0 Å². The summed E-state index contributed by atoms with van der Waals surface area (Å²) >= 11 is 1.64. The summed E-state index contributed by atoms with van der Waals surface area (Å²) in [6.07, 6.45) is 1.90. The van der Waals surface area contributed by atoms with Gasteiger partial charge in [0, 0.05) is 62.3 Å². The molecule has 3 N–H and O–H groups in total. The van der Waals surface area contributed by atoms with Crippen LogP contribution in [0, 0.1) is 16.7 Å². The van der Waals surface area contributed by atoms with Gasteiger partial charge in [0.2, 0.25) is 11.8 Å². The number of nitrogens with one attached hydrogen (secondary N) is 1. The highest BCUT2D eigenvalue weighted by Gasteiger charge is 2.59. The van der Waals surface area contributed by atoms with Crippen molar-refractivity contribution in [2.75, 3.05) is 38.1 Å². The largest absolute Gasteiger partial charge is 0.396 e. The second-order valence-corrected chi connectivity index (χ2v) is 12.9. The zero-order valence-corrected chi connectivity index (χ0v) is 23.5. The molecule has 1 saturated carbocycles. The Bertz CT molecular complexity index is 1160. The Balaban J connectivity index is 1.43. The van der Waals surface area contributed by atoms with E-state index in [2.05, 4.69) is 24.4 Å². The Morgan fingerprint density at radius 1 is 1.13 bits per heavy atom. The summed E-state index contributed by atoms with van der Waals surface area (Å²) < 4.78 is 0. The number of thiazole rings is 1. The predicted octanol–water partition coefficient (Wildman–Crippen LogP) is 3.25. The number of aliphatic hydroxyl groups excluding tert-OH is 2. The molecule has 2 amide bonds. The third-order valence-electron chi connectivity index (χ3n) is 9.64. The number of fused-ring (bicyclic) bond motifs is 2. The van der Waals surface area contributed by atoms with E-state index in [0.717, 1.165) is 28.5 Å². The van der Waals surface area contributed by atoms with Crippen LogP contribution in [-0.4, -0.2) is 75.7 Å². The summed E-state index contributed by atoms with van der Waals surface area (Å²) in [5, 5.41) is 25.8. The number of rotatable bonds is 6. The minimum atomic E-state index is -0.638. The zero-order chi connectivity index (χ0) is 27.1. The van der Waals surface area contributed by atoms with Crippen LogP contribution < -0.4 is 5.32 Å². The van der Waals surface area contributed by atoms with Crippen LogP contribution in [0.4, 0.5) is 5.13 Å². The molecule has 2 heterocycles. The molecule has 0 radical (unpaired) electrons. The van der Waals surface area contributed by atoms with Gasteiger partial charge in [-0.15, -0.1) is 11.3 Å². The number of aliphatic hydroxyl groups is 2. The zero-order valence-electron chi connectivity index (χ0n) is 22.7. The fraction of sp³-hybridized carbons (Fsp3) is 0.621. The number of amides is 2. The third kappa shape index (κ3) is 4.84. The highest BCUT2D eigenvalue weighted by molar-refractivity contribution is 7.15. The standard InChI is InChI=1S/C29H40N4O4S/c1-19(35)32-11-13-33(14-12-32)25(37)15-21-26-22(38-27(31-26)30-17-20-7-5-4-6-8-20)16-23-28(21,2)10-9-24(36)29(23,3)18-34/h4-8,21,23-24,34,36H,9-18H2,1-3H3,(H,30,31)/t21-,23+,24-,28+,29+/m1/s1. The van der Waals surface area contributed by atoms with Crippen molar-refractivity contribution in [2.45, 2.75) is 65.0 Å². The van der Waals surface area contributed by atoms with E-state index in [4.69, 9.17) is 4.98 Å². The Kier molecular flexibility index (Phi) is 7.55. The Morgan fingerprint density at radius 3 is 2.47 bits per heavy atom. The average molecular weight is 541 g/mol. The SMILES string of the molecule is CC(=O)N1CCN(C(=O)C[C@@H]2c3nc(NCc4ccccc4)sc3C[C@@H]3[C@](C)(CO)[C@H](O)CC[C@]32C)CC1. The average Bonchev–Trinajstić information content (AvgIpc) is 3.34. The molecule has 1 aliphatic heterocycles. The number of nitrogens with zero attached hydrogens (tertiary/aromatic N) is 3. The van der Waals surface area contributed by atoms with Gasteiger partial charge >= 0.3 is 0 Å². The van der Waals surface area contributed by atoms with Crippen molar-refractivity contribution in [3.05, 3.63) is 46.5 Å². The normalized spacial score (nSPS) is 30.9. The number of hydrogen-bond donors (Lipinski definition) is 3. The van der Waals surface area contributed by atoms with Crippen LogP contribution in [0.1, 0.15) is 62.1 Å². The number of carbonyl (C=O) groups excluding carboxylic acids is 2. The Hall–Kier alpha value is -2.49. The lowest BCUT2D eigenvalue weighted by Crippen LogP contribution is -2.58. The molecule has 0 unspecified atom stereocenters. The number of aromatic nitrogens is 1. The molecule has 2 aromatic rings. The summed E-state index contributed by atoms with van der Waals surface area (Å²) in [4.78, 5) is 35.3. The van der Waals surface area contributed by atoms with Crippen molar-refractivity contribution in [3.63, 3.8) is 0 Å². The molecule has 1 saturated heterocycles. The van der Waals surface area contributed by atoms with E-state index in [1.165, 1.54) is 5.56 Å². The van der Waals surface area contributed by atoms with Gasteiger partial charge in [-0.2, -0.15) is 0 Å². The molecule has 5 rings (SSSR count). The van der Waals surface area contributed by atoms with E-state index in [1.54, 1.807) is 23.2 Å². The predicted molar refractivity (Wildman–Crippen MR) is 148 cm³/mol. The molecule has 8 nitrogen and oxygen atoms in total. The van der Waals surface area contributed by atoms with Crippen LogP contribution in [0.15, 0.2) is 30.3 Å². The number of anilines is 1. The second-order valence-electron chi connectivity index (χ2n) is 11.8. The van der Waals surface area contributed by atoms with Crippen molar-refractivity contribution < 1.29 is 19.8 Å². The molecule has 5 atom stereocenters. The molecular formula is C29H40N4O4S. The molecular weight excluding hydrogens is 500 g/mol. The molecule has 0 bridgehead atoms. The van der Waals surface area contributed by atoms with Gasteiger partial charge in [-0.05, 0) is 36.2 Å². The maximum Gasteiger partial charge on any atom is 0.223 e. The monoisotopic (exact) mass is 540 g/mol. The van der Waals surface area contributed by atoms with E-state index < -0.39 is 11.5 Å². The van der Waals surface area contributed by atoms with Crippen molar-refractivity contribution in [1.29, 1.82) is 0 Å². The van der Waals surface area contributed by atoms with Crippen LogP contribution in [0.5, 0.6) is 0 Å². The van der Waals surface area contributed by atoms with E-state index in [-0.39, 0.29) is 35.7 Å². The lowest BCUT2D eigenvalue weighted by Gasteiger charge is -2.58. The summed E-state index contributed by atoms with van der Waals surface area (Å²) in [7, 11) is 0. The third-order valence-corrected chi connectivity index (χ3v) is 10.7. The summed E-state index contributed by atoms with van der Waals surface area (Å²) in [6, 6.07) is 10.2. The van der Waals surface area contributed by atoms with Crippen LogP contribution in [-0.2, 0) is 22.6 Å². The Labute approximate surface area is 229 Å². The van der Waals surface area contributed by atoms with Gasteiger partial charge in [0.05, 0.1) is 18.4 Å². The van der Waals surface area contributed by atoms with Crippen molar-refractivity contribution in [1.82, 2.24) is 14.8 Å². The molecule has 9 heteroatoms. The lowest BCUT2D eigenvalue weighted by atomic mass is 9.47. The van der Waals surface area contributed by atoms with Gasteiger partial charge < -0.3 is 25.3 Å². The first kappa shape index (κ1) is 27.1. The number of carbonyl (C=O) groups is 2. The highest BCUT2D eigenvalue weighted by atomic mass is 32.1. The fourth-order valence-corrected chi connectivity index (χ4v) is 8.13. The van der Waals surface area contributed by atoms with Gasteiger partial charge in [-0.25, -0.2) is 4.98 Å². The lowest BCUT2D eigenvalue weighted by molar-refractivity contribution is -0.149. The van der Waals surface area contributed by atoms with Gasteiger partial charge in [-0.1, -0.05) is 44.2 Å². The summed E-state index contributed by atoms with van der Waals surface area (Å²) in [5.74, 6) is 0.0728. The maximum atomic E-state index is 13.7. The first-order valence-electron chi connectivity index (χ1n) is 13.8. The quantitative estimate of drug-likeness (QED) is 0.520. The first-order valence-corrected chi connectivity index (χ1v) is 14.6. The molecule has 2 aliphatic carbocycles. The van der Waals surface area contributed by atoms with Crippen LogP contribution in [0.3, 0.4) is 0 Å². The smallest absolute Gasteiger partial charge is 0.223 e. The minimum absolute atomic E-state index is 0.0334. The van der Waals surface area contributed by atoms with E-state index in [0.29, 0.717) is 45.6 Å². The van der Waals surface area contributed by atoms with Crippen molar-refractivity contribution in [2.24, 2.45) is 16.7 Å². The Morgan fingerprint density at radius 2 is 1.82 bits per heavy atom. The topological polar surface area (TPSA) is 106 Å². The fourth-order valence-electron chi connectivity index (χ4n) is 7.07.